The summed E-state index contributed by atoms with van der Waals surface area (Å²) in [5, 5.41) is 19.1. The van der Waals surface area contributed by atoms with Crippen LogP contribution in [-0.4, -0.2) is 24.5 Å². The van der Waals surface area contributed by atoms with E-state index in [1.165, 1.54) is 9.36 Å². The van der Waals surface area contributed by atoms with Crippen LogP contribution in [0.2, 0.25) is 5.15 Å². The van der Waals surface area contributed by atoms with E-state index >= 15 is 0 Å². The number of nitro groups is 1. The fraction of sp³-hybridized carbons (Fsp3) is 0.333. The Hall–Kier alpha value is -1.89. The van der Waals surface area contributed by atoms with Crippen molar-refractivity contribution >= 4 is 17.3 Å². The van der Waals surface area contributed by atoms with Crippen molar-refractivity contribution in [1.29, 1.82) is 0 Å². The largest absolute Gasteiger partial charge is 0.335 e. The van der Waals surface area contributed by atoms with Crippen molar-refractivity contribution in [1.82, 2.24) is 19.6 Å². The number of halogens is 1. The lowest BCUT2D eigenvalue weighted by molar-refractivity contribution is -0.384. The van der Waals surface area contributed by atoms with Crippen LogP contribution in [0.5, 0.6) is 0 Å². The molecule has 0 fully saturated rings. The van der Waals surface area contributed by atoms with Gasteiger partial charge < -0.3 is 0 Å². The van der Waals surface area contributed by atoms with E-state index in [-0.39, 0.29) is 16.5 Å². The SMILES string of the molecule is CCn1nc(-c2ccnn2C)c([N+](=O)[O-])c1Cl. The molecule has 2 heterocycles. The van der Waals surface area contributed by atoms with Crippen molar-refractivity contribution in [2.75, 3.05) is 0 Å². The normalized spacial score (nSPS) is 10.8. The summed E-state index contributed by atoms with van der Waals surface area (Å²) in [5.74, 6) is 0. The highest BCUT2D eigenvalue weighted by Gasteiger charge is 2.28. The maximum Gasteiger partial charge on any atom is 0.335 e. The van der Waals surface area contributed by atoms with Gasteiger partial charge in [0.1, 0.15) is 0 Å². The van der Waals surface area contributed by atoms with Crippen molar-refractivity contribution in [2.45, 2.75) is 13.5 Å². The van der Waals surface area contributed by atoms with Crippen LogP contribution >= 0.6 is 11.6 Å². The van der Waals surface area contributed by atoms with E-state index in [0.717, 1.165) is 0 Å². The lowest BCUT2D eigenvalue weighted by Crippen LogP contribution is -1.98. The minimum Gasteiger partial charge on any atom is -0.266 e. The Balaban J connectivity index is 2.69. The molecule has 2 rings (SSSR count). The molecule has 7 nitrogen and oxygen atoms in total. The maximum absolute atomic E-state index is 11.0. The third kappa shape index (κ3) is 1.78. The van der Waals surface area contributed by atoms with Gasteiger partial charge in [0, 0.05) is 19.8 Å². The standard InChI is InChI=1S/C9H10ClN5O2/c1-3-14-9(10)8(15(16)17)7(12-14)6-4-5-11-13(6)2/h4-5H,3H2,1-2H3. The number of hydrogen-bond donors (Lipinski definition) is 0. The Morgan fingerprint density at radius 3 is 2.76 bits per heavy atom. The van der Waals surface area contributed by atoms with Crippen LogP contribution in [0.15, 0.2) is 12.3 Å². The zero-order valence-corrected chi connectivity index (χ0v) is 10.0. The highest BCUT2D eigenvalue weighted by Crippen LogP contribution is 2.34. The molecule has 0 radical (unpaired) electrons. The Morgan fingerprint density at radius 1 is 1.59 bits per heavy atom. The summed E-state index contributed by atoms with van der Waals surface area (Å²) in [6, 6.07) is 1.66. The zero-order chi connectivity index (χ0) is 12.6. The molecule has 0 saturated heterocycles. The molecule has 0 aliphatic carbocycles. The summed E-state index contributed by atoms with van der Waals surface area (Å²) in [7, 11) is 1.69. The molecule has 0 unspecified atom stereocenters. The molecule has 0 N–H and O–H groups in total. The van der Waals surface area contributed by atoms with Crippen LogP contribution in [0.1, 0.15) is 6.92 Å². The first kappa shape index (κ1) is 11.6. The lowest BCUT2D eigenvalue weighted by atomic mass is 10.3. The van der Waals surface area contributed by atoms with Gasteiger partial charge in [-0.3, -0.25) is 14.8 Å². The van der Waals surface area contributed by atoms with Crippen LogP contribution in [0.3, 0.4) is 0 Å². The summed E-state index contributed by atoms with van der Waals surface area (Å²) >= 11 is 5.92. The molecule has 0 aliphatic rings. The predicted octanol–water partition coefficient (Wildman–Crippen LogP) is 1.87. The predicted molar refractivity (Wildman–Crippen MR) is 61.8 cm³/mol. The van der Waals surface area contributed by atoms with Crippen molar-refractivity contribution in [3.8, 4) is 11.4 Å². The molecule has 8 heteroatoms. The fourth-order valence-electron chi connectivity index (χ4n) is 1.58. The van der Waals surface area contributed by atoms with E-state index in [0.29, 0.717) is 12.2 Å². The first-order chi connectivity index (χ1) is 8.06. The van der Waals surface area contributed by atoms with Gasteiger partial charge in [-0.25, -0.2) is 4.68 Å². The molecule has 2 aromatic rings. The summed E-state index contributed by atoms with van der Waals surface area (Å²) < 4.78 is 2.91. The molecule has 0 saturated carbocycles. The second-order valence-corrected chi connectivity index (χ2v) is 3.76. The quantitative estimate of drug-likeness (QED) is 0.619. The second-order valence-electron chi connectivity index (χ2n) is 3.40. The highest BCUT2D eigenvalue weighted by atomic mass is 35.5. The Bertz CT molecular complexity index is 574. The van der Waals surface area contributed by atoms with E-state index in [9.17, 15) is 10.1 Å². The smallest absolute Gasteiger partial charge is 0.266 e. The highest BCUT2D eigenvalue weighted by molar-refractivity contribution is 6.32. The molecular weight excluding hydrogens is 246 g/mol. The van der Waals surface area contributed by atoms with Crippen molar-refractivity contribution in [3.05, 3.63) is 27.5 Å². The fourth-order valence-corrected chi connectivity index (χ4v) is 1.90. The van der Waals surface area contributed by atoms with Gasteiger partial charge in [0.2, 0.25) is 5.15 Å². The summed E-state index contributed by atoms with van der Waals surface area (Å²) in [6.07, 6.45) is 1.55. The summed E-state index contributed by atoms with van der Waals surface area (Å²) in [5.41, 5.74) is 0.616. The third-order valence-electron chi connectivity index (χ3n) is 2.41. The van der Waals surface area contributed by atoms with Crippen LogP contribution in [0, 0.1) is 10.1 Å². The molecule has 0 aromatic carbocycles. The van der Waals surface area contributed by atoms with Gasteiger partial charge in [-0.15, -0.1) is 0 Å². The van der Waals surface area contributed by atoms with Gasteiger partial charge in [-0.2, -0.15) is 10.2 Å². The van der Waals surface area contributed by atoms with E-state index < -0.39 is 4.92 Å². The van der Waals surface area contributed by atoms with Crippen molar-refractivity contribution in [3.63, 3.8) is 0 Å². The molecule has 0 bridgehead atoms. The van der Waals surface area contributed by atoms with E-state index in [2.05, 4.69) is 10.2 Å². The Labute approximate surface area is 102 Å². The van der Waals surface area contributed by atoms with Crippen molar-refractivity contribution < 1.29 is 4.92 Å². The molecule has 2 aromatic heterocycles. The zero-order valence-electron chi connectivity index (χ0n) is 9.29. The van der Waals surface area contributed by atoms with Crippen LogP contribution in [0.25, 0.3) is 11.4 Å². The van der Waals surface area contributed by atoms with E-state index in [4.69, 9.17) is 11.6 Å². The maximum atomic E-state index is 11.0. The van der Waals surface area contributed by atoms with Gasteiger partial charge in [0.05, 0.1) is 10.6 Å². The molecular formula is C9H10ClN5O2. The Morgan fingerprint density at radius 2 is 2.29 bits per heavy atom. The molecule has 0 atom stereocenters. The minimum atomic E-state index is -0.524. The van der Waals surface area contributed by atoms with Crippen molar-refractivity contribution in [2.24, 2.45) is 7.05 Å². The first-order valence-electron chi connectivity index (χ1n) is 4.95. The third-order valence-corrected chi connectivity index (χ3v) is 2.79. The summed E-state index contributed by atoms with van der Waals surface area (Å²) in [4.78, 5) is 10.5. The molecule has 90 valence electrons. The lowest BCUT2D eigenvalue weighted by Gasteiger charge is -1.96. The first-order valence-corrected chi connectivity index (χ1v) is 5.33. The minimum absolute atomic E-state index is 0.0358. The number of aromatic nitrogens is 4. The molecule has 17 heavy (non-hydrogen) atoms. The number of hydrogen-bond acceptors (Lipinski definition) is 4. The van der Waals surface area contributed by atoms with E-state index in [1.807, 2.05) is 6.92 Å². The van der Waals surface area contributed by atoms with Gasteiger partial charge in [0.25, 0.3) is 0 Å². The topological polar surface area (TPSA) is 78.8 Å². The number of aryl methyl sites for hydroxylation is 2. The monoisotopic (exact) mass is 255 g/mol. The molecule has 0 spiro atoms. The van der Waals surface area contributed by atoms with Gasteiger partial charge in [-0.05, 0) is 13.0 Å². The van der Waals surface area contributed by atoms with E-state index in [1.54, 1.807) is 19.3 Å². The van der Waals surface area contributed by atoms with Gasteiger partial charge >= 0.3 is 5.69 Å². The summed E-state index contributed by atoms with van der Waals surface area (Å²) in [6.45, 7) is 2.28. The molecule has 0 amide bonds. The number of rotatable bonds is 3. The van der Waals surface area contributed by atoms with Gasteiger partial charge in [-0.1, -0.05) is 11.6 Å². The van der Waals surface area contributed by atoms with Gasteiger partial charge in [0.15, 0.2) is 5.69 Å². The Kier molecular flexibility index (Phi) is 2.84. The van der Waals surface area contributed by atoms with Crippen LogP contribution < -0.4 is 0 Å². The van der Waals surface area contributed by atoms with Crippen LogP contribution in [0.4, 0.5) is 5.69 Å². The average molecular weight is 256 g/mol. The number of nitrogens with zero attached hydrogens (tertiary/aromatic N) is 5. The second kappa shape index (κ2) is 4.17. The average Bonchev–Trinajstić information content (AvgIpc) is 2.81. The van der Waals surface area contributed by atoms with Crippen LogP contribution in [-0.2, 0) is 13.6 Å². The molecule has 0 aliphatic heterocycles.